The number of carbonyl (C=O) groups excluding carboxylic acids is 1. The molecule has 3 unspecified atom stereocenters. The molecule has 0 spiro atoms. The van der Waals surface area contributed by atoms with Crippen LogP contribution in [0.3, 0.4) is 0 Å². The molecule has 5 nitrogen and oxygen atoms in total. The molecular weight excluding hydrogens is 360 g/mol. The van der Waals surface area contributed by atoms with Gasteiger partial charge in [-0.05, 0) is 68.2 Å². The number of likely N-dealkylation sites (tertiary alicyclic amines) is 1. The molecule has 27 heavy (non-hydrogen) atoms. The van der Waals surface area contributed by atoms with Gasteiger partial charge in [-0.3, -0.25) is 4.79 Å². The summed E-state index contributed by atoms with van der Waals surface area (Å²) in [6, 6.07) is 6.95. The van der Waals surface area contributed by atoms with E-state index in [2.05, 4.69) is 11.8 Å². The van der Waals surface area contributed by atoms with Crippen molar-refractivity contribution >= 4 is 15.9 Å². The molecule has 2 aliphatic heterocycles. The second kappa shape index (κ2) is 7.55. The van der Waals surface area contributed by atoms with Crippen molar-refractivity contribution < 1.29 is 13.2 Å². The first-order valence-electron chi connectivity index (χ1n) is 10.4. The lowest BCUT2D eigenvalue weighted by Crippen LogP contribution is -2.52. The van der Waals surface area contributed by atoms with Crippen molar-refractivity contribution in [1.82, 2.24) is 9.21 Å². The summed E-state index contributed by atoms with van der Waals surface area (Å²) in [6.07, 6.45) is 7.71. The number of nitrogens with zero attached hydrogens (tertiary/aromatic N) is 2. The minimum atomic E-state index is -3.42. The Hall–Kier alpha value is -1.40. The largest absolute Gasteiger partial charge is 0.335 e. The third-order valence-electron chi connectivity index (χ3n) is 6.80. The normalized spacial score (nSPS) is 29.5. The third-order valence-corrected chi connectivity index (χ3v) is 8.72. The van der Waals surface area contributed by atoms with Gasteiger partial charge in [-0.2, -0.15) is 4.31 Å². The molecular formula is C21H30N2O3S. The summed E-state index contributed by atoms with van der Waals surface area (Å²) in [4.78, 5) is 15.5. The lowest BCUT2D eigenvalue weighted by molar-refractivity contribution is 0.0217. The highest BCUT2D eigenvalue weighted by Gasteiger charge is 2.39. The maximum atomic E-state index is 13.1. The van der Waals surface area contributed by atoms with E-state index >= 15 is 0 Å². The van der Waals surface area contributed by atoms with Crippen LogP contribution >= 0.6 is 0 Å². The lowest BCUT2D eigenvalue weighted by atomic mass is 9.72. The highest BCUT2D eigenvalue weighted by molar-refractivity contribution is 7.89. The number of hydrogen-bond donors (Lipinski definition) is 0. The molecule has 1 aliphatic carbocycles. The van der Waals surface area contributed by atoms with Gasteiger partial charge in [0.1, 0.15) is 0 Å². The summed E-state index contributed by atoms with van der Waals surface area (Å²) in [7, 11) is -3.42. The Balaban J connectivity index is 1.52. The van der Waals surface area contributed by atoms with Crippen LogP contribution in [0.2, 0.25) is 0 Å². The Labute approximate surface area is 162 Å². The van der Waals surface area contributed by atoms with Gasteiger partial charge in [0.25, 0.3) is 5.91 Å². The number of benzene rings is 1. The molecule has 1 saturated carbocycles. The van der Waals surface area contributed by atoms with Gasteiger partial charge in [0.05, 0.1) is 4.90 Å². The molecule has 3 atom stereocenters. The molecule has 3 fully saturated rings. The lowest BCUT2D eigenvalue weighted by Gasteiger charge is -2.47. The number of piperidine rings is 1. The van der Waals surface area contributed by atoms with Crippen LogP contribution in [0.1, 0.15) is 62.2 Å². The first-order valence-corrected chi connectivity index (χ1v) is 11.8. The minimum Gasteiger partial charge on any atom is -0.335 e. The maximum Gasteiger partial charge on any atom is 0.254 e. The van der Waals surface area contributed by atoms with Gasteiger partial charge in [-0.1, -0.05) is 19.8 Å². The molecule has 0 bridgehead atoms. The van der Waals surface area contributed by atoms with E-state index in [1.807, 2.05) is 0 Å². The molecule has 1 aromatic rings. The summed E-state index contributed by atoms with van der Waals surface area (Å²) in [5, 5.41) is 0. The molecule has 0 radical (unpaired) electrons. The Morgan fingerprint density at radius 1 is 0.926 bits per heavy atom. The Bertz CT molecular complexity index is 784. The molecule has 4 rings (SSSR count). The monoisotopic (exact) mass is 390 g/mol. The summed E-state index contributed by atoms with van der Waals surface area (Å²) in [6.45, 7) is 4.33. The van der Waals surface area contributed by atoms with Gasteiger partial charge >= 0.3 is 0 Å². The molecule has 6 heteroatoms. The van der Waals surface area contributed by atoms with Crippen molar-refractivity contribution in [3.63, 3.8) is 0 Å². The van der Waals surface area contributed by atoms with Gasteiger partial charge < -0.3 is 4.90 Å². The number of carbonyl (C=O) groups is 1. The van der Waals surface area contributed by atoms with Gasteiger partial charge in [-0.25, -0.2) is 8.42 Å². The van der Waals surface area contributed by atoms with Crippen molar-refractivity contribution in [2.24, 2.45) is 11.8 Å². The van der Waals surface area contributed by atoms with Crippen molar-refractivity contribution in [3.05, 3.63) is 29.8 Å². The second-order valence-electron chi connectivity index (χ2n) is 8.42. The molecule has 2 heterocycles. The zero-order chi connectivity index (χ0) is 19.0. The van der Waals surface area contributed by atoms with Crippen LogP contribution < -0.4 is 0 Å². The third kappa shape index (κ3) is 3.54. The van der Waals surface area contributed by atoms with Crippen LogP contribution in [0, 0.1) is 11.8 Å². The second-order valence-corrected chi connectivity index (χ2v) is 10.4. The maximum absolute atomic E-state index is 13.1. The first kappa shape index (κ1) is 18.9. The van der Waals surface area contributed by atoms with Crippen molar-refractivity contribution in [2.45, 2.75) is 62.8 Å². The Morgan fingerprint density at radius 3 is 2.30 bits per heavy atom. The van der Waals surface area contributed by atoms with E-state index < -0.39 is 10.0 Å². The van der Waals surface area contributed by atoms with Gasteiger partial charge in [-0.15, -0.1) is 0 Å². The average molecular weight is 391 g/mol. The smallest absolute Gasteiger partial charge is 0.254 e. The fourth-order valence-corrected chi connectivity index (χ4v) is 6.70. The van der Waals surface area contributed by atoms with E-state index in [9.17, 15) is 13.2 Å². The molecule has 0 N–H and O–H groups in total. The predicted molar refractivity (Wildman–Crippen MR) is 105 cm³/mol. The molecule has 2 saturated heterocycles. The van der Waals surface area contributed by atoms with Crippen LogP contribution in [0.15, 0.2) is 29.2 Å². The topological polar surface area (TPSA) is 57.7 Å². The van der Waals surface area contributed by atoms with Crippen LogP contribution in [0.25, 0.3) is 0 Å². The number of amides is 1. The summed E-state index contributed by atoms with van der Waals surface area (Å²) < 4.78 is 26.9. The Morgan fingerprint density at radius 2 is 1.59 bits per heavy atom. The van der Waals surface area contributed by atoms with E-state index in [1.165, 1.54) is 19.3 Å². The fraction of sp³-hybridized carbons (Fsp3) is 0.667. The van der Waals surface area contributed by atoms with Gasteiger partial charge in [0.15, 0.2) is 0 Å². The highest BCUT2D eigenvalue weighted by atomic mass is 32.2. The van der Waals surface area contributed by atoms with Gasteiger partial charge in [0.2, 0.25) is 10.0 Å². The summed E-state index contributed by atoms with van der Waals surface area (Å²) in [5.74, 6) is 1.36. The highest BCUT2D eigenvalue weighted by Crippen LogP contribution is 2.39. The number of rotatable bonds is 3. The predicted octanol–water partition coefficient (Wildman–Crippen LogP) is 3.51. The van der Waals surface area contributed by atoms with E-state index in [4.69, 9.17) is 0 Å². The molecule has 1 aromatic carbocycles. The zero-order valence-electron chi connectivity index (χ0n) is 16.1. The van der Waals surface area contributed by atoms with E-state index in [-0.39, 0.29) is 5.91 Å². The van der Waals surface area contributed by atoms with E-state index in [1.54, 1.807) is 28.6 Å². The average Bonchev–Trinajstić information content (AvgIpc) is 3.24. The molecule has 148 valence electrons. The molecule has 3 aliphatic rings. The summed E-state index contributed by atoms with van der Waals surface area (Å²) >= 11 is 0. The van der Waals surface area contributed by atoms with Crippen LogP contribution in [0.4, 0.5) is 0 Å². The van der Waals surface area contributed by atoms with Crippen LogP contribution in [-0.4, -0.2) is 49.2 Å². The van der Waals surface area contributed by atoms with Crippen LogP contribution in [0.5, 0.6) is 0 Å². The zero-order valence-corrected chi connectivity index (χ0v) is 17.0. The quantitative estimate of drug-likeness (QED) is 0.793. The number of fused-ring (bicyclic) bond motifs is 1. The van der Waals surface area contributed by atoms with E-state index in [0.29, 0.717) is 41.4 Å². The van der Waals surface area contributed by atoms with E-state index in [0.717, 1.165) is 32.2 Å². The van der Waals surface area contributed by atoms with Gasteiger partial charge in [0, 0.05) is 31.2 Å². The molecule has 0 aromatic heterocycles. The van der Waals surface area contributed by atoms with Crippen molar-refractivity contribution in [2.75, 3.05) is 19.6 Å². The molecule has 1 amide bonds. The van der Waals surface area contributed by atoms with Crippen molar-refractivity contribution in [1.29, 1.82) is 0 Å². The standard InChI is InChI=1S/C21H30N2O3S/c1-16-12-15-23(20-7-3-2-6-19(16)20)21(24)17-8-10-18(11-9-17)27(25,26)22-13-4-5-14-22/h8-11,16,19-20H,2-7,12-15H2,1H3. The Kier molecular flexibility index (Phi) is 5.30. The van der Waals surface area contributed by atoms with Crippen LogP contribution in [-0.2, 0) is 10.0 Å². The minimum absolute atomic E-state index is 0.0592. The van der Waals surface area contributed by atoms with Crippen molar-refractivity contribution in [3.8, 4) is 0 Å². The number of hydrogen-bond acceptors (Lipinski definition) is 3. The number of sulfonamides is 1. The summed E-state index contributed by atoms with van der Waals surface area (Å²) in [5.41, 5.74) is 0.606. The first-order chi connectivity index (χ1) is 13.0. The fourth-order valence-electron chi connectivity index (χ4n) is 5.18. The SMILES string of the molecule is CC1CCN(C(=O)c2ccc(S(=O)(=O)N3CCCC3)cc2)C2CCCCC12.